The van der Waals surface area contributed by atoms with Crippen molar-refractivity contribution in [1.82, 2.24) is 9.80 Å². The van der Waals surface area contributed by atoms with Gasteiger partial charge in [0.25, 0.3) is 0 Å². The van der Waals surface area contributed by atoms with E-state index in [4.69, 9.17) is 28.6 Å². The number of rotatable bonds is 4. The fourth-order valence-corrected chi connectivity index (χ4v) is 4.51. The van der Waals surface area contributed by atoms with Gasteiger partial charge in [0, 0.05) is 42.6 Å². The summed E-state index contributed by atoms with van der Waals surface area (Å²) in [5, 5.41) is 5.38. The summed E-state index contributed by atoms with van der Waals surface area (Å²) in [6, 6.07) is 9.80. The number of nitrogens with zero attached hydrogens (tertiary/aromatic N) is 2. The highest BCUT2D eigenvalue weighted by molar-refractivity contribution is 7.80. The van der Waals surface area contributed by atoms with Crippen LogP contribution in [0.5, 0.6) is 0 Å². The van der Waals surface area contributed by atoms with Crippen LogP contribution in [0.2, 0.25) is 5.02 Å². The van der Waals surface area contributed by atoms with Gasteiger partial charge >= 0.3 is 5.97 Å². The zero-order chi connectivity index (χ0) is 19.4. The second-order valence-electron chi connectivity index (χ2n) is 6.41. The van der Waals surface area contributed by atoms with Gasteiger partial charge in [-0.2, -0.15) is 0 Å². The topological polar surface area (TPSA) is 44.8 Å². The minimum absolute atomic E-state index is 0.351. The lowest BCUT2D eigenvalue weighted by Gasteiger charge is -2.36. The second kappa shape index (κ2) is 9.01. The van der Waals surface area contributed by atoms with Crippen LogP contribution >= 0.6 is 35.2 Å². The highest BCUT2D eigenvalue weighted by Gasteiger charge is 2.22. The third-order valence-corrected chi connectivity index (χ3v) is 6.00. The number of ether oxygens (including phenoxy) is 1. The number of carbonyl (C=O) groups is 1. The Hall–Kier alpha value is -1.67. The number of nitrogens with one attached hydrogen (secondary N) is 1. The van der Waals surface area contributed by atoms with Crippen LogP contribution in [0.1, 0.15) is 20.8 Å². The third-order valence-electron chi connectivity index (χ3n) is 4.44. The van der Waals surface area contributed by atoms with Crippen LogP contribution in [0.15, 0.2) is 30.3 Å². The summed E-state index contributed by atoms with van der Waals surface area (Å²) in [6.07, 6.45) is 0. The number of hydrogen-bond acceptors (Lipinski definition) is 5. The van der Waals surface area contributed by atoms with Gasteiger partial charge in [-0.05, 0) is 42.9 Å². The van der Waals surface area contributed by atoms with E-state index >= 15 is 0 Å². The molecular weight excluding hydrogens is 402 g/mol. The first-order valence-electron chi connectivity index (χ1n) is 8.67. The summed E-state index contributed by atoms with van der Waals surface area (Å²) in [7, 11) is 1.39. The molecule has 1 aromatic carbocycles. The van der Waals surface area contributed by atoms with E-state index in [1.165, 1.54) is 24.0 Å². The van der Waals surface area contributed by atoms with Gasteiger partial charge in [-0.15, -0.1) is 11.3 Å². The Kier molecular flexibility index (Phi) is 6.70. The van der Waals surface area contributed by atoms with E-state index < -0.39 is 0 Å². The van der Waals surface area contributed by atoms with Crippen LogP contribution in [0.25, 0.3) is 0 Å². The van der Waals surface area contributed by atoms with Crippen molar-refractivity contribution >= 4 is 51.2 Å². The number of anilines is 1. The lowest BCUT2D eigenvalue weighted by Crippen LogP contribution is -2.49. The van der Waals surface area contributed by atoms with Gasteiger partial charge in [0.05, 0.1) is 12.7 Å². The first kappa shape index (κ1) is 20.1. The zero-order valence-electron chi connectivity index (χ0n) is 15.3. The summed E-state index contributed by atoms with van der Waals surface area (Å²) >= 11 is 13.1. The number of thiophene rings is 1. The van der Waals surface area contributed by atoms with Crippen LogP contribution in [-0.2, 0) is 11.3 Å². The first-order valence-corrected chi connectivity index (χ1v) is 10.3. The summed E-state index contributed by atoms with van der Waals surface area (Å²) in [5.41, 5.74) is 1.75. The smallest absolute Gasteiger partial charge is 0.340 e. The molecule has 2 aromatic rings. The highest BCUT2D eigenvalue weighted by Crippen LogP contribution is 2.28. The van der Waals surface area contributed by atoms with Crippen molar-refractivity contribution in [3.05, 3.63) is 51.4 Å². The van der Waals surface area contributed by atoms with Gasteiger partial charge in [0.2, 0.25) is 0 Å². The average Bonchev–Trinajstić information content (AvgIpc) is 3.02. The largest absolute Gasteiger partial charge is 0.465 e. The van der Waals surface area contributed by atoms with Crippen molar-refractivity contribution in [3.8, 4) is 0 Å². The Morgan fingerprint density at radius 3 is 2.70 bits per heavy atom. The van der Waals surface area contributed by atoms with Crippen molar-refractivity contribution in [3.63, 3.8) is 0 Å². The number of hydrogen-bond donors (Lipinski definition) is 1. The van der Waals surface area contributed by atoms with Gasteiger partial charge in [0.15, 0.2) is 5.11 Å². The Morgan fingerprint density at radius 1 is 1.30 bits per heavy atom. The lowest BCUT2D eigenvalue weighted by molar-refractivity contribution is 0.0602. The van der Waals surface area contributed by atoms with Gasteiger partial charge in [-0.25, -0.2) is 4.79 Å². The third kappa shape index (κ3) is 5.19. The number of carbonyl (C=O) groups excluding carboxylic acids is 1. The molecule has 27 heavy (non-hydrogen) atoms. The van der Waals surface area contributed by atoms with Crippen molar-refractivity contribution in [2.45, 2.75) is 13.5 Å². The highest BCUT2D eigenvalue weighted by atomic mass is 35.5. The Bertz CT molecular complexity index is 832. The molecule has 3 rings (SSSR count). The second-order valence-corrected chi connectivity index (χ2v) is 8.49. The summed E-state index contributed by atoms with van der Waals surface area (Å²) in [4.78, 5) is 17.5. The number of methoxy groups -OCH3 is 1. The van der Waals surface area contributed by atoms with Gasteiger partial charge < -0.3 is 15.0 Å². The molecule has 0 unspecified atom stereocenters. The molecule has 0 atom stereocenters. The number of esters is 1. The normalized spacial score (nSPS) is 14.9. The van der Waals surface area contributed by atoms with Crippen LogP contribution in [0.3, 0.4) is 0 Å². The molecule has 0 amide bonds. The summed E-state index contributed by atoms with van der Waals surface area (Å²) in [5.74, 6) is -0.351. The molecule has 0 saturated carbocycles. The summed E-state index contributed by atoms with van der Waals surface area (Å²) < 4.78 is 4.85. The Balaban J connectivity index is 1.55. The molecule has 0 spiro atoms. The maximum absolute atomic E-state index is 11.9. The van der Waals surface area contributed by atoms with Gasteiger partial charge in [0.1, 0.15) is 5.00 Å². The molecule has 1 aromatic heterocycles. The maximum Gasteiger partial charge on any atom is 0.340 e. The number of piperazine rings is 1. The fourth-order valence-electron chi connectivity index (χ4n) is 3.05. The van der Waals surface area contributed by atoms with Crippen LogP contribution in [-0.4, -0.2) is 54.2 Å². The molecule has 1 aliphatic heterocycles. The lowest BCUT2D eigenvalue weighted by atomic mass is 10.2. The molecule has 2 heterocycles. The molecule has 1 aliphatic rings. The van der Waals surface area contributed by atoms with Crippen molar-refractivity contribution < 1.29 is 9.53 Å². The number of benzene rings is 1. The minimum Gasteiger partial charge on any atom is -0.465 e. The van der Waals surface area contributed by atoms with E-state index in [2.05, 4.69) is 21.2 Å². The predicted molar refractivity (Wildman–Crippen MR) is 115 cm³/mol. The molecule has 1 saturated heterocycles. The Morgan fingerprint density at radius 2 is 2.04 bits per heavy atom. The number of halogens is 1. The quantitative estimate of drug-likeness (QED) is 0.592. The van der Waals surface area contributed by atoms with Crippen LogP contribution in [0.4, 0.5) is 5.00 Å². The van der Waals surface area contributed by atoms with Crippen molar-refractivity contribution in [2.75, 3.05) is 38.6 Å². The van der Waals surface area contributed by atoms with E-state index in [1.807, 2.05) is 31.2 Å². The number of thiocarbonyl (C=S) groups is 1. The molecule has 5 nitrogen and oxygen atoms in total. The summed E-state index contributed by atoms with van der Waals surface area (Å²) in [6.45, 7) is 6.35. The van der Waals surface area contributed by atoms with E-state index in [9.17, 15) is 4.79 Å². The molecule has 8 heteroatoms. The minimum atomic E-state index is -0.351. The van der Waals surface area contributed by atoms with Crippen LogP contribution < -0.4 is 5.32 Å². The van der Waals surface area contributed by atoms with E-state index in [0.29, 0.717) is 10.7 Å². The molecule has 0 aliphatic carbocycles. The molecule has 144 valence electrons. The molecule has 0 bridgehead atoms. The predicted octanol–water partition coefficient (Wildman–Crippen LogP) is 4.01. The Labute approximate surface area is 173 Å². The standard InChI is InChI=1S/C19H22ClN3O2S2/c1-13-10-16(18(24)25-2)17(27-13)21-19(26)23-8-6-22(7-9-23)12-14-4-3-5-15(20)11-14/h3-5,10-11H,6-9,12H2,1-2H3,(H,21,26). The van der Waals surface area contributed by atoms with Crippen molar-refractivity contribution in [2.24, 2.45) is 0 Å². The fraction of sp³-hybridized carbons (Fsp3) is 0.368. The van der Waals surface area contributed by atoms with Crippen molar-refractivity contribution in [1.29, 1.82) is 0 Å². The van der Waals surface area contributed by atoms with Crippen LogP contribution in [0, 0.1) is 6.92 Å². The molecule has 1 N–H and O–H groups in total. The van der Waals surface area contributed by atoms with E-state index in [1.54, 1.807) is 0 Å². The number of aryl methyl sites for hydroxylation is 1. The van der Waals surface area contributed by atoms with Gasteiger partial charge in [-0.1, -0.05) is 23.7 Å². The maximum atomic E-state index is 11.9. The van der Waals surface area contributed by atoms with E-state index in [0.717, 1.165) is 47.6 Å². The zero-order valence-corrected chi connectivity index (χ0v) is 17.7. The molecule has 0 radical (unpaired) electrons. The SMILES string of the molecule is COC(=O)c1cc(C)sc1NC(=S)N1CCN(Cc2cccc(Cl)c2)CC1. The van der Waals surface area contributed by atoms with E-state index in [-0.39, 0.29) is 5.97 Å². The monoisotopic (exact) mass is 423 g/mol. The van der Waals surface area contributed by atoms with Gasteiger partial charge in [-0.3, -0.25) is 4.90 Å². The molecule has 1 fully saturated rings. The molecular formula is C19H22ClN3O2S2. The average molecular weight is 424 g/mol. The first-order chi connectivity index (χ1) is 13.0.